The number of hydrogen-bond acceptors (Lipinski definition) is 4. The monoisotopic (exact) mass is 434 g/mol. The van der Waals surface area contributed by atoms with Crippen LogP contribution in [0.3, 0.4) is 0 Å². The van der Waals surface area contributed by atoms with Gasteiger partial charge in [0, 0.05) is 9.86 Å². The van der Waals surface area contributed by atoms with Gasteiger partial charge < -0.3 is 0 Å². The van der Waals surface area contributed by atoms with Crippen LogP contribution in [-0.4, -0.2) is 15.7 Å². The fourth-order valence-electron chi connectivity index (χ4n) is 2.82. The number of anilines is 1. The molecule has 0 aliphatic heterocycles. The number of benzene rings is 3. The number of aromatic nitrogens is 2. The summed E-state index contributed by atoms with van der Waals surface area (Å²) < 4.78 is 15.3. The molecule has 28 heavy (non-hydrogen) atoms. The fourth-order valence-corrected chi connectivity index (χ4v) is 3.08. The second-order valence-corrected chi connectivity index (χ2v) is 7.12. The van der Waals surface area contributed by atoms with Gasteiger partial charge in [-0.1, -0.05) is 52.3 Å². The van der Waals surface area contributed by atoms with Crippen LogP contribution >= 0.6 is 15.9 Å². The minimum Gasteiger partial charge on any atom is -0.260 e. The molecule has 4 nitrogen and oxygen atoms in total. The third-order valence-corrected chi connectivity index (χ3v) is 4.84. The number of halogens is 2. The predicted molar refractivity (Wildman–Crippen MR) is 115 cm³/mol. The van der Waals surface area contributed by atoms with Crippen molar-refractivity contribution in [2.75, 3.05) is 5.43 Å². The first-order valence-corrected chi connectivity index (χ1v) is 9.49. The molecule has 1 heterocycles. The zero-order chi connectivity index (χ0) is 19.5. The van der Waals surface area contributed by atoms with Crippen LogP contribution in [0.5, 0.6) is 0 Å². The van der Waals surface area contributed by atoms with E-state index in [9.17, 15) is 4.39 Å². The average Bonchev–Trinajstić information content (AvgIpc) is 2.72. The molecule has 0 aliphatic rings. The van der Waals surface area contributed by atoms with Crippen LogP contribution in [0.1, 0.15) is 12.5 Å². The van der Waals surface area contributed by atoms with Crippen LogP contribution in [0.25, 0.3) is 22.3 Å². The highest BCUT2D eigenvalue weighted by Crippen LogP contribution is 2.26. The number of fused-ring (bicyclic) bond motifs is 1. The Bertz CT molecular complexity index is 1170. The Morgan fingerprint density at radius 1 is 0.929 bits per heavy atom. The lowest BCUT2D eigenvalue weighted by Gasteiger charge is -2.09. The lowest BCUT2D eigenvalue weighted by Crippen LogP contribution is -2.03. The summed E-state index contributed by atoms with van der Waals surface area (Å²) in [5.41, 5.74) is 5.90. The first-order valence-electron chi connectivity index (χ1n) is 8.70. The van der Waals surface area contributed by atoms with Crippen molar-refractivity contribution in [1.29, 1.82) is 0 Å². The molecule has 0 bridgehead atoms. The first kappa shape index (κ1) is 18.3. The average molecular weight is 435 g/mol. The molecule has 0 radical (unpaired) electrons. The van der Waals surface area contributed by atoms with Crippen LogP contribution in [0.4, 0.5) is 10.2 Å². The molecule has 0 spiro atoms. The molecule has 3 aromatic carbocycles. The largest absolute Gasteiger partial charge is 0.260 e. The smallest absolute Gasteiger partial charge is 0.165 e. The van der Waals surface area contributed by atoms with Gasteiger partial charge in [0.1, 0.15) is 5.82 Å². The van der Waals surface area contributed by atoms with Crippen molar-refractivity contribution in [2.45, 2.75) is 6.92 Å². The van der Waals surface area contributed by atoms with Gasteiger partial charge in [-0.05, 0) is 48.9 Å². The molecule has 6 heteroatoms. The highest BCUT2D eigenvalue weighted by atomic mass is 79.9. The number of rotatable bonds is 4. The summed E-state index contributed by atoms with van der Waals surface area (Å²) in [6, 6.07) is 21.9. The maximum atomic E-state index is 14.2. The van der Waals surface area contributed by atoms with Gasteiger partial charge in [0.05, 0.1) is 16.8 Å². The van der Waals surface area contributed by atoms with E-state index in [-0.39, 0.29) is 5.82 Å². The Morgan fingerprint density at radius 3 is 2.43 bits per heavy atom. The Morgan fingerprint density at radius 2 is 1.64 bits per heavy atom. The van der Waals surface area contributed by atoms with Gasteiger partial charge in [0.2, 0.25) is 0 Å². The summed E-state index contributed by atoms with van der Waals surface area (Å²) in [6.07, 6.45) is 0. The maximum absolute atomic E-state index is 14.2. The predicted octanol–water partition coefficient (Wildman–Crippen LogP) is 6.03. The Balaban J connectivity index is 1.76. The van der Waals surface area contributed by atoms with E-state index in [1.807, 2.05) is 55.5 Å². The van der Waals surface area contributed by atoms with Crippen molar-refractivity contribution in [1.82, 2.24) is 9.97 Å². The highest BCUT2D eigenvalue weighted by Gasteiger charge is 2.12. The molecule has 0 aliphatic carbocycles. The molecule has 0 saturated heterocycles. The van der Waals surface area contributed by atoms with Crippen LogP contribution < -0.4 is 5.43 Å². The van der Waals surface area contributed by atoms with E-state index < -0.39 is 0 Å². The minimum absolute atomic E-state index is 0.316. The molecule has 0 amide bonds. The van der Waals surface area contributed by atoms with Crippen molar-refractivity contribution in [3.05, 3.63) is 88.6 Å². The number of hydrogen-bond donors (Lipinski definition) is 1. The van der Waals surface area contributed by atoms with Gasteiger partial charge in [-0.2, -0.15) is 5.10 Å². The molecule has 1 aromatic heterocycles. The lowest BCUT2D eigenvalue weighted by molar-refractivity contribution is 0.630. The van der Waals surface area contributed by atoms with Gasteiger partial charge in [0.15, 0.2) is 11.6 Å². The Hall–Kier alpha value is -3.12. The molecule has 4 aromatic rings. The van der Waals surface area contributed by atoms with E-state index in [1.54, 1.807) is 18.2 Å². The van der Waals surface area contributed by atoms with E-state index >= 15 is 0 Å². The number of nitrogens with one attached hydrogen (secondary N) is 1. The summed E-state index contributed by atoms with van der Waals surface area (Å²) in [5.74, 6) is 0.481. The fraction of sp³-hybridized carbons (Fsp3) is 0.0455. The summed E-state index contributed by atoms with van der Waals surface area (Å²) in [4.78, 5) is 9.05. The molecule has 0 fully saturated rings. The van der Waals surface area contributed by atoms with Crippen LogP contribution in [0, 0.1) is 5.82 Å². The van der Waals surface area contributed by atoms with E-state index in [0.29, 0.717) is 17.2 Å². The van der Waals surface area contributed by atoms with Gasteiger partial charge in [-0.3, -0.25) is 5.43 Å². The summed E-state index contributed by atoms with van der Waals surface area (Å²) in [5, 5.41) is 5.28. The maximum Gasteiger partial charge on any atom is 0.165 e. The van der Waals surface area contributed by atoms with Crippen LogP contribution in [-0.2, 0) is 0 Å². The van der Waals surface area contributed by atoms with Crippen molar-refractivity contribution >= 4 is 38.4 Å². The van der Waals surface area contributed by atoms with Crippen molar-refractivity contribution in [3.63, 3.8) is 0 Å². The van der Waals surface area contributed by atoms with Gasteiger partial charge in [-0.25, -0.2) is 14.4 Å². The summed E-state index contributed by atoms with van der Waals surface area (Å²) >= 11 is 3.43. The quantitative estimate of drug-likeness (QED) is 0.314. The van der Waals surface area contributed by atoms with Crippen molar-refractivity contribution in [3.8, 4) is 11.4 Å². The molecule has 1 N–H and O–H groups in total. The standard InChI is InChI=1S/C22H16BrFN4/c1-14(15-10-12-16(23)13-11-15)27-28-22-18-7-3-5-9-20(18)25-21(26-22)17-6-2-4-8-19(17)24/h2-13H,1H3,(H,25,26,28)/b27-14+. The second-order valence-electron chi connectivity index (χ2n) is 6.21. The van der Waals surface area contributed by atoms with Crippen molar-refractivity contribution in [2.24, 2.45) is 5.10 Å². The third kappa shape index (κ3) is 3.77. The summed E-state index contributed by atoms with van der Waals surface area (Å²) in [6.45, 7) is 1.91. The minimum atomic E-state index is -0.363. The van der Waals surface area contributed by atoms with E-state index in [0.717, 1.165) is 26.7 Å². The first-order chi connectivity index (χ1) is 13.6. The van der Waals surface area contributed by atoms with Crippen molar-refractivity contribution < 1.29 is 4.39 Å². The zero-order valence-electron chi connectivity index (χ0n) is 15.0. The molecule has 138 valence electrons. The Labute approximate surface area is 170 Å². The van der Waals surface area contributed by atoms with Gasteiger partial charge in [-0.15, -0.1) is 0 Å². The van der Waals surface area contributed by atoms with E-state index in [4.69, 9.17) is 0 Å². The Kier molecular flexibility index (Phi) is 5.12. The molecule has 0 unspecified atom stereocenters. The molecular weight excluding hydrogens is 419 g/mol. The number of hydrazone groups is 1. The molecule has 0 atom stereocenters. The molecule has 4 rings (SSSR count). The highest BCUT2D eigenvalue weighted by molar-refractivity contribution is 9.10. The second kappa shape index (κ2) is 7.86. The molecular formula is C22H16BrFN4. The number of para-hydroxylation sites is 1. The lowest BCUT2D eigenvalue weighted by atomic mass is 10.1. The SMILES string of the molecule is C/C(=N\Nc1nc(-c2ccccc2F)nc2ccccc12)c1ccc(Br)cc1. The topological polar surface area (TPSA) is 50.2 Å². The van der Waals surface area contributed by atoms with Gasteiger partial charge >= 0.3 is 0 Å². The van der Waals surface area contributed by atoms with E-state index in [1.165, 1.54) is 6.07 Å². The number of nitrogens with zero attached hydrogens (tertiary/aromatic N) is 3. The van der Waals surface area contributed by atoms with Gasteiger partial charge in [0.25, 0.3) is 0 Å². The normalized spacial score (nSPS) is 11.6. The summed E-state index contributed by atoms with van der Waals surface area (Å²) in [7, 11) is 0. The van der Waals surface area contributed by atoms with E-state index in [2.05, 4.69) is 36.4 Å². The van der Waals surface area contributed by atoms with Crippen LogP contribution in [0.2, 0.25) is 0 Å². The van der Waals surface area contributed by atoms with Crippen LogP contribution in [0.15, 0.2) is 82.4 Å². The zero-order valence-corrected chi connectivity index (χ0v) is 16.6. The molecule has 0 saturated carbocycles. The third-order valence-electron chi connectivity index (χ3n) is 4.31.